The van der Waals surface area contributed by atoms with Crippen LogP contribution in [0.5, 0.6) is 0 Å². The van der Waals surface area contributed by atoms with Gasteiger partial charge >= 0.3 is 0 Å². The van der Waals surface area contributed by atoms with Crippen LogP contribution in [0.3, 0.4) is 0 Å². The van der Waals surface area contributed by atoms with Crippen molar-refractivity contribution in [1.82, 2.24) is 5.32 Å². The highest BCUT2D eigenvalue weighted by Gasteiger charge is 2.14. The number of aldehydes is 1. The fourth-order valence-corrected chi connectivity index (χ4v) is 1.88. The number of hydrogen-bond acceptors (Lipinski definition) is 4. The summed E-state index contributed by atoms with van der Waals surface area (Å²) >= 11 is 0. The minimum absolute atomic E-state index is 0.0494. The predicted molar refractivity (Wildman–Crippen MR) is 70.1 cm³/mol. The van der Waals surface area contributed by atoms with Gasteiger partial charge in [0.15, 0.2) is 6.29 Å². The lowest BCUT2D eigenvalue weighted by molar-refractivity contribution is 0.111. The van der Waals surface area contributed by atoms with Crippen molar-refractivity contribution in [3.8, 4) is 0 Å². The maximum Gasteiger partial charge on any atom is 0.155 e. The summed E-state index contributed by atoms with van der Waals surface area (Å²) in [6, 6.07) is 2.14. The Morgan fingerprint density at radius 1 is 1.40 bits per heavy atom. The van der Waals surface area contributed by atoms with Gasteiger partial charge in [0.2, 0.25) is 0 Å². The first-order valence-corrected chi connectivity index (χ1v) is 6.15. The molecule has 0 aliphatic carbocycles. The van der Waals surface area contributed by atoms with Gasteiger partial charge in [-0.15, -0.1) is 0 Å². The van der Waals surface area contributed by atoms with E-state index in [1.807, 2.05) is 0 Å². The molecule has 0 spiro atoms. The van der Waals surface area contributed by atoms with Gasteiger partial charge in [-0.25, -0.2) is 8.78 Å². The minimum Gasteiger partial charge on any atom is -0.386 e. The molecule has 106 valence electrons. The molecule has 1 aliphatic rings. The third-order valence-corrected chi connectivity index (χ3v) is 3.02. The number of nitrogens with one attached hydrogen (secondary N) is 2. The van der Waals surface area contributed by atoms with E-state index in [1.54, 1.807) is 6.20 Å². The Bertz CT molecular complexity index is 529. The molecule has 1 heterocycles. The van der Waals surface area contributed by atoms with Crippen LogP contribution in [0, 0.1) is 17.0 Å². The highest BCUT2D eigenvalue weighted by atomic mass is 19.1. The van der Waals surface area contributed by atoms with Crippen molar-refractivity contribution in [2.75, 3.05) is 13.2 Å². The first-order valence-electron chi connectivity index (χ1n) is 6.15. The van der Waals surface area contributed by atoms with E-state index in [4.69, 9.17) is 10.1 Å². The van der Waals surface area contributed by atoms with Gasteiger partial charge in [-0.3, -0.25) is 4.79 Å². The van der Waals surface area contributed by atoms with Crippen LogP contribution in [0.25, 0.3) is 0 Å². The van der Waals surface area contributed by atoms with Crippen molar-refractivity contribution >= 4 is 12.0 Å². The van der Waals surface area contributed by atoms with Crippen LogP contribution in [-0.4, -0.2) is 31.3 Å². The van der Waals surface area contributed by atoms with Gasteiger partial charge in [0.25, 0.3) is 0 Å². The van der Waals surface area contributed by atoms with Crippen molar-refractivity contribution in [2.45, 2.75) is 12.5 Å². The lowest BCUT2D eigenvalue weighted by Crippen LogP contribution is -2.24. The zero-order chi connectivity index (χ0) is 14.5. The van der Waals surface area contributed by atoms with Crippen molar-refractivity contribution in [3.05, 3.63) is 47.2 Å². The van der Waals surface area contributed by atoms with Crippen LogP contribution in [0.1, 0.15) is 22.3 Å². The SMILES string of the molecule is N=C(/C=C\N[C@H]1CCOC1)c1cc(F)c(C=O)c(F)c1. The van der Waals surface area contributed by atoms with Gasteiger partial charge in [-0.2, -0.15) is 0 Å². The number of hydrogen-bond donors (Lipinski definition) is 2. The van der Waals surface area contributed by atoms with Gasteiger partial charge in [-0.05, 0) is 30.8 Å². The molecule has 1 saturated heterocycles. The van der Waals surface area contributed by atoms with Crippen molar-refractivity contribution in [3.63, 3.8) is 0 Å². The molecule has 1 aromatic rings. The number of allylic oxidation sites excluding steroid dienone is 1. The highest BCUT2D eigenvalue weighted by molar-refractivity contribution is 6.06. The summed E-state index contributed by atoms with van der Waals surface area (Å²) in [6.07, 6.45) is 3.97. The summed E-state index contributed by atoms with van der Waals surface area (Å²) in [5.41, 5.74) is -0.593. The van der Waals surface area contributed by atoms with E-state index in [9.17, 15) is 13.6 Å². The maximum absolute atomic E-state index is 13.4. The molecule has 0 aromatic heterocycles. The monoisotopic (exact) mass is 280 g/mol. The summed E-state index contributed by atoms with van der Waals surface area (Å²) in [5, 5.41) is 10.8. The van der Waals surface area contributed by atoms with Gasteiger partial charge in [0, 0.05) is 12.2 Å². The number of carbonyl (C=O) groups is 1. The smallest absolute Gasteiger partial charge is 0.155 e. The van der Waals surface area contributed by atoms with Gasteiger partial charge in [0.1, 0.15) is 11.6 Å². The summed E-state index contributed by atoms with van der Waals surface area (Å²) in [7, 11) is 0. The molecule has 0 amide bonds. The van der Waals surface area contributed by atoms with E-state index in [0.29, 0.717) is 13.2 Å². The molecular weight excluding hydrogens is 266 g/mol. The fraction of sp³-hybridized carbons (Fsp3) is 0.286. The Balaban J connectivity index is 2.05. The number of benzene rings is 1. The topological polar surface area (TPSA) is 62.2 Å². The average molecular weight is 280 g/mol. The molecule has 20 heavy (non-hydrogen) atoms. The zero-order valence-corrected chi connectivity index (χ0v) is 10.7. The number of carbonyl (C=O) groups excluding carboxylic acids is 1. The van der Waals surface area contributed by atoms with Crippen LogP contribution in [0.15, 0.2) is 24.4 Å². The molecule has 4 nitrogen and oxygen atoms in total. The largest absolute Gasteiger partial charge is 0.386 e. The summed E-state index contributed by atoms with van der Waals surface area (Å²) in [6.45, 7) is 1.31. The quantitative estimate of drug-likeness (QED) is 0.641. The van der Waals surface area contributed by atoms with E-state index >= 15 is 0 Å². The van der Waals surface area contributed by atoms with E-state index in [1.165, 1.54) is 6.08 Å². The normalized spacial score (nSPS) is 18.4. The number of ether oxygens (including phenoxy) is 1. The third-order valence-electron chi connectivity index (χ3n) is 3.02. The summed E-state index contributed by atoms with van der Waals surface area (Å²) in [4.78, 5) is 10.5. The molecule has 2 N–H and O–H groups in total. The Labute approximate surface area is 114 Å². The van der Waals surface area contributed by atoms with Gasteiger partial charge < -0.3 is 15.5 Å². The van der Waals surface area contributed by atoms with Gasteiger partial charge in [0.05, 0.1) is 23.9 Å². The second-order valence-corrected chi connectivity index (χ2v) is 4.45. The zero-order valence-electron chi connectivity index (χ0n) is 10.7. The Morgan fingerprint density at radius 3 is 2.65 bits per heavy atom. The Hall–Kier alpha value is -2.08. The maximum atomic E-state index is 13.4. The summed E-state index contributed by atoms with van der Waals surface area (Å²) in [5.74, 6) is -1.93. The molecular formula is C14H14F2N2O2. The molecule has 6 heteroatoms. The molecule has 1 aliphatic heterocycles. The Morgan fingerprint density at radius 2 is 2.10 bits per heavy atom. The lowest BCUT2D eigenvalue weighted by Gasteiger charge is -2.07. The van der Waals surface area contributed by atoms with Crippen LogP contribution < -0.4 is 5.32 Å². The molecule has 1 aromatic carbocycles. The molecule has 0 unspecified atom stereocenters. The first-order chi connectivity index (χ1) is 9.61. The second kappa shape index (κ2) is 6.38. The molecule has 0 bridgehead atoms. The highest BCUT2D eigenvalue weighted by Crippen LogP contribution is 2.14. The number of rotatable bonds is 5. The van der Waals surface area contributed by atoms with Crippen molar-refractivity contribution in [1.29, 1.82) is 5.41 Å². The second-order valence-electron chi connectivity index (χ2n) is 4.45. The average Bonchev–Trinajstić information content (AvgIpc) is 2.91. The van der Waals surface area contributed by atoms with Crippen LogP contribution in [-0.2, 0) is 4.74 Å². The van der Waals surface area contributed by atoms with Crippen molar-refractivity contribution < 1.29 is 18.3 Å². The first kappa shape index (κ1) is 14.3. The summed E-state index contributed by atoms with van der Waals surface area (Å²) < 4.78 is 32.0. The van der Waals surface area contributed by atoms with Crippen LogP contribution in [0.4, 0.5) is 8.78 Å². The standard InChI is InChI=1S/C14H14F2N2O2/c15-12-5-9(6-13(16)11(12)7-19)14(17)1-3-18-10-2-4-20-8-10/h1,3,5-7,10,17-18H,2,4,8H2/b3-1-,17-14?/t10-/m0/s1. The Kier molecular flexibility index (Phi) is 4.57. The molecule has 0 saturated carbocycles. The molecule has 1 fully saturated rings. The number of halogens is 2. The lowest BCUT2D eigenvalue weighted by atomic mass is 10.1. The van der Waals surface area contributed by atoms with Crippen LogP contribution in [0.2, 0.25) is 0 Å². The van der Waals surface area contributed by atoms with E-state index in [0.717, 1.165) is 18.6 Å². The van der Waals surface area contributed by atoms with E-state index in [-0.39, 0.29) is 23.6 Å². The molecule has 0 radical (unpaired) electrons. The van der Waals surface area contributed by atoms with E-state index < -0.39 is 17.2 Å². The predicted octanol–water partition coefficient (Wildman–Crippen LogP) is 2.04. The van der Waals surface area contributed by atoms with Crippen LogP contribution >= 0.6 is 0 Å². The van der Waals surface area contributed by atoms with E-state index in [2.05, 4.69) is 5.32 Å². The van der Waals surface area contributed by atoms with Gasteiger partial charge in [-0.1, -0.05) is 0 Å². The molecule has 1 atom stereocenters. The molecule has 2 rings (SSSR count). The fourth-order valence-electron chi connectivity index (χ4n) is 1.88. The minimum atomic E-state index is -0.967. The third kappa shape index (κ3) is 3.27. The van der Waals surface area contributed by atoms with Crippen molar-refractivity contribution in [2.24, 2.45) is 0 Å².